The molecule has 0 fully saturated rings. The van der Waals surface area contributed by atoms with E-state index in [2.05, 4.69) is 0 Å². The third-order valence-corrected chi connectivity index (χ3v) is 2.71. The van der Waals surface area contributed by atoms with Crippen LogP contribution in [0.15, 0.2) is 34.9 Å². The predicted molar refractivity (Wildman–Crippen MR) is 59.4 cm³/mol. The average molecular weight is 205 g/mol. The molecule has 0 radical (unpaired) electrons. The van der Waals surface area contributed by atoms with Crippen LogP contribution in [0.1, 0.15) is 25.0 Å². The largest absolute Gasteiger partial charge is 0.464 e. The van der Waals surface area contributed by atoms with Crippen LogP contribution in [0.3, 0.4) is 0 Å². The number of para-hydroxylation sites is 1. The molecular formula is C12H15NO2. The van der Waals surface area contributed by atoms with Gasteiger partial charge in [-0.1, -0.05) is 25.1 Å². The minimum Gasteiger partial charge on any atom is -0.464 e. The van der Waals surface area contributed by atoms with Crippen LogP contribution >= 0.6 is 0 Å². The normalized spacial score (nSPS) is 15.4. The van der Waals surface area contributed by atoms with Crippen LogP contribution in [0.25, 0.3) is 11.0 Å². The molecule has 15 heavy (non-hydrogen) atoms. The fraction of sp³-hybridized carbons (Fsp3) is 0.333. The van der Waals surface area contributed by atoms with E-state index < -0.39 is 6.10 Å². The molecule has 0 aliphatic rings. The first kappa shape index (κ1) is 10.2. The van der Waals surface area contributed by atoms with Gasteiger partial charge in [0, 0.05) is 17.0 Å². The van der Waals surface area contributed by atoms with E-state index in [0.717, 1.165) is 23.0 Å². The maximum absolute atomic E-state index is 9.99. The number of aliphatic hydroxyl groups is 1. The zero-order chi connectivity index (χ0) is 10.8. The van der Waals surface area contributed by atoms with E-state index in [4.69, 9.17) is 10.2 Å². The Balaban J connectivity index is 2.43. The molecule has 2 aromatic rings. The molecule has 0 amide bonds. The standard InChI is InChI=1S/C12H15NO2/c1-2-10(13)12(14)9-7-15-11-6-4-3-5-8(9)11/h3-7,10,12,14H,2,13H2,1H3. The fourth-order valence-corrected chi connectivity index (χ4v) is 1.68. The highest BCUT2D eigenvalue weighted by molar-refractivity contribution is 5.81. The summed E-state index contributed by atoms with van der Waals surface area (Å²) in [6.45, 7) is 1.95. The van der Waals surface area contributed by atoms with Gasteiger partial charge in [0.1, 0.15) is 5.58 Å². The van der Waals surface area contributed by atoms with E-state index in [0.29, 0.717) is 0 Å². The van der Waals surface area contributed by atoms with Crippen molar-refractivity contribution >= 4 is 11.0 Å². The third kappa shape index (κ3) is 1.76. The lowest BCUT2D eigenvalue weighted by Crippen LogP contribution is -2.27. The summed E-state index contributed by atoms with van der Waals surface area (Å²) in [5.74, 6) is 0. The Bertz CT molecular complexity index is 450. The molecule has 2 unspecified atom stereocenters. The lowest BCUT2D eigenvalue weighted by atomic mass is 10.0. The summed E-state index contributed by atoms with van der Waals surface area (Å²) in [7, 11) is 0. The number of benzene rings is 1. The summed E-state index contributed by atoms with van der Waals surface area (Å²) in [5, 5.41) is 10.9. The third-order valence-electron chi connectivity index (χ3n) is 2.71. The molecule has 0 spiro atoms. The van der Waals surface area contributed by atoms with Crippen molar-refractivity contribution in [3.8, 4) is 0 Å². The molecule has 2 rings (SSSR count). The average Bonchev–Trinajstić information content (AvgIpc) is 2.70. The molecule has 0 saturated heterocycles. The van der Waals surface area contributed by atoms with Gasteiger partial charge in [-0.3, -0.25) is 0 Å². The van der Waals surface area contributed by atoms with Crippen LogP contribution in [0.4, 0.5) is 0 Å². The van der Waals surface area contributed by atoms with Gasteiger partial charge in [-0.25, -0.2) is 0 Å². The second-order valence-corrected chi connectivity index (χ2v) is 3.70. The molecule has 1 heterocycles. The molecule has 0 saturated carbocycles. The Morgan fingerprint density at radius 2 is 2.13 bits per heavy atom. The number of hydrogen-bond acceptors (Lipinski definition) is 3. The monoisotopic (exact) mass is 205 g/mol. The molecule has 0 aliphatic carbocycles. The summed E-state index contributed by atoms with van der Waals surface area (Å²) >= 11 is 0. The number of furan rings is 1. The molecule has 0 bridgehead atoms. The Morgan fingerprint density at radius 3 is 2.87 bits per heavy atom. The molecule has 2 atom stereocenters. The van der Waals surface area contributed by atoms with Gasteiger partial charge in [-0.15, -0.1) is 0 Å². The first-order valence-corrected chi connectivity index (χ1v) is 5.13. The number of fused-ring (bicyclic) bond motifs is 1. The summed E-state index contributed by atoms with van der Waals surface area (Å²) in [6, 6.07) is 7.39. The molecule has 3 N–H and O–H groups in total. The van der Waals surface area contributed by atoms with Crippen molar-refractivity contribution in [2.45, 2.75) is 25.5 Å². The summed E-state index contributed by atoms with van der Waals surface area (Å²) in [4.78, 5) is 0. The topological polar surface area (TPSA) is 59.4 Å². The lowest BCUT2D eigenvalue weighted by Gasteiger charge is -2.15. The van der Waals surface area contributed by atoms with Crippen molar-refractivity contribution in [2.24, 2.45) is 5.73 Å². The predicted octanol–water partition coefficient (Wildman–Crippen LogP) is 2.20. The number of nitrogens with two attached hydrogens (primary N) is 1. The van der Waals surface area contributed by atoms with E-state index in [1.54, 1.807) is 6.26 Å². The van der Waals surface area contributed by atoms with Gasteiger partial charge in [0.2, 0.25) is 0 Å². The first-order valence-electron chi connectivity index (χ1n) is 5.13. The zero-order valence-corrected chi connectivity index (χ0v) is 8.68. The molecule has 1 aromatic carbocycles. The highest BCUT2D eigenvalue weighted by atomic mass is 16.3. The summed E-state index contributed by atoms with van der Waals surface area (Å²) in [6.07, 6.45) is 1.67. The summed E-state index contributed by atoms with van der Waals surface area (Å²) < 4.78 is 5.35. The van der Waals surface area contributed by atoms with Gasteiger partial charge < -0.3 is 15.3 Å². The zero-order valence-electron chi connectivity index (χ0n) is 8.68. The van der Waals surface area contributed by atoms with Crippen LogP contribution in [0.5, 0.6) is 0 Å². The molecular weight excluding hydrogens is 190 g/mol. The highest BCUT2D eigenvalue weighted by Crippen LogP contribution is 2.28. The van der Waals surface area contributed by atoms with Crippen LogP contribution in [0, 0.1) is 0 Å². The minimum absolute atomic E-state index is 0.244. The number of rotatable bonds is 3. The van der Waals surface area contributed by atoms with Crippen LogP contribution in [0.2, 0.25) is 0 Å². The second kappa shape index (κ2) is 4.04. The van der Waals surface area contributed by atoms with Crippen molar-refractivity contribution in [1.29, 1.82) is 0 Å². The SMILES string of the molecule is CCC(N)C(O)c1coc2ccccc12. The van der Waals surface area contributed by atoms with Gasteiger partial charge in [-0.2, -0.15) is 0 Å². The van der Waals surface area contributed by atoms with Crippen molar-refractivity contribution in [1.82, 2.24) is 0 Å². The van der Waals surface area contributed by atoms with E-state index in [-0.39, 0.29) is 6.04 Å². The van der Waals surface area contributed by atoms with E-state index in [9.17, 15) is 5.11 Å². The van der Waals surface area contributed by atoms with Crippen molar-refractivity contribution in [2.75, 3.05) is 0 Å². The molecule has 0 aliphatic heterocycles. The second-order valence-electron chi connectivity index (χ2n) is 3.70. The molecule has 3 heteroatoms. The van der Waals surface area contributed by atoms with Crippen molar-refractivity contribution in [3.05, 3.63) is 36.1 Å². The van der Waals surface area contributed by atoms with Gasteiger partial charge in [-0.05, 0) is 12.5 Å². The summed E-state index contributed by atoms with van der Waals surface area (Å²) in [5.41, 5.74) is 7.37. The Kier molecular flexibility index (Phi) is 2.75. The Morgan fingerprint density at radius 1 is 1.40 bits per heavy atom. The van der Waals surface area contributed by atoms with Crippen molar-refractivity contribution in [3.63, 3.8) is 0 Å². The maximum atomic E-state index is 9.99. The number of aliphatic hydroxyl groups excluding tert-OH is 1. The van der Waals surface area contributed by atoms with E-state index >= 15 is 0 Å². The van der Waals surface area contributed by atoms with E-state index in [1.165, 1.54) is 0 Å². The van der Waals surface area contributed by atoms with E-state index in [1.807, 2.05) is 31.2 Å². The lowest BCUT2D eigenvalue weighted by molar-refractivity contribution is 0.145. The maximum Gasteiger partial charge on any atom is 0.134 e. The van der Waals surface area contributed by atoms with Gasteiger partial charge in [0.05, 0.1) is 12.4 Å². The van der Waals surface area contributed by atoms with Gasteiger partial charge >= 0.3 is 0 Å². The fourth-order valence-electron chi connectivity index (χ4n) is 1.68. The number of hydrogen-bond donors (Lipinski definition) is 2. The first-order chi connectivity index (χ1) is 7.24. The molecule has 3 nitrogen and oxygen atoms in total. The van der Waals surface area contributed by atoms with Crippen molar-refractivity contribution < 1.29 is 9.52 Å². The Labute approximate surface area is 88.5 Å². The quantitative estimate of drug-likeness (QED) is 0.807. The van der Waals surface area contributed by atoms with Gasteiger partial charge in [0.25, 0.3) is 0 Å². The van der Waals surface area contributed by atoms with Gasteiger partial charge in [0.15, 0.2) is 0 Å². The van der Waals surface area contributed by atoms with Crippen LogP contribution in [-0.4, -0.2) is 11.1 Å². The van der Waals surface area contributed by atoms with Crippen LogP contribution in [-0.2, 0) is 0 Å². The Hall–Kier alpha value is -1.32. The molecule has 80 valence electrons. The van der Waals surface area contributed by atoms with Crippen LogP contribution < -0.4 is 5.73 Å². The highest BCUT2D eigenvalue weighted by Gasteiger charge is 2.19. The smallest absolute Gasteiger partial charge is 0.134 e. The minimum atomic E-state index is -0.654. The molecule has 1 aromatic heterocycles.